The fourth-order valence-corrected chi connectivity index (χ4v) is 1.68. The molecule has 0 N–H and O–H groups in total. The zero-order chi connectivity index (χ0) is 10.7. The summed E-state index contributed by atoms with van der Waals surface area (Å²) < 4.78 is 3.91. The molecule has 1 aromatic heterocycles. The summed E-state index contributed by atoms with van der Waals surface area (Å²) in [5.74, 6) is 0. The second-order valence-electron chi connectivity index (χ2n) is 3.66. The zero-order valence-corrected chi connectivity index (χ0v) is 9.22. The van der Waals surface area contributed by atoms with Gasteiger partial charge in [-0.25, -0.2) is 0 Å². The molecule has 0 saturated carbocycles. The van der Waals surface area contributed by atoms with Gasteiger partial charge < -0.3 is 0 Å². The van der Waals surface area contributed by atoms with Gasteiger partial charge in [0, 0.05) is 5.56 Å². The van der Waals surface area contributed by atoms with Crippen molar-refractivity contribution >= 4 is 0 Å². The number of rotatable bonds is 3. The van der Waals surface area contributed by atoms with E-state index in [1.165, 1.54) is 5.56 Å². The van der Waals surface area contributed by atoms with Crippen molar-refractivity contribution in [2.75, 3.05) is 0 Å². The first-order chi connectivity index (χ1) is 7.31. The Bertz CT molecular complexity index is 431. The SMILES string of the molecule is CCC[n+]1cc(-c2ccccc2)n(C)n1. The Labute approximate surface area is 90.0 Å². The van der Waals surface area contributed by atoms with E-state index in [1.54, 1.807) is 0 Å². The average molecular weight is 202 g/mol. The minimum absolute atomic E-state index is 0.973. The smallest absolute Gasteiger partial charge is 0.137 e. The van der Waals surface area contributed by atoms with Crippen LogP contribution >= 0.6 is 0 Å². The van der Waals surface area contributed by atoms with Gasteiger partial charge in [-0.1, -0.05) is 37.3 Å². The Morgan fingerprint density at radius 2 is 2.00 bits per heavy atom. The molecule has 15 heavy (non-hydrogen) atoms. The summed E-state index contributed by atoms with van der Waals surface area (Å²) >= 11 is 0. The maximum Gasteiger partial charge on any atom is 0.197 e. The standard InChI is InChI=1S/C12H16N3/c1-3-9-15-10-12(14(2)13-15)11-7-5-4-6-8-11/h4-8,10H,3,9H2,1-2H3/q+1. The van der Waals surface area contributed by atoms with Crippen LogP contribution in [0.15, 0.2) is 36.5 Å². The Hall–Kier alpha value is -1.64. The number of aryl methyl sites for hydroxylation is 2. The normalized spacial score (nSPS) is 10.5. The summed E-state index contributed by atoms with van der Waals surface area (Å²) in [6.45, 7) is 3.13. The molecule has 3 heteroatoms. The van der Waals surface area contributed by atoms with E-state index in [0.29, 0.717) is 0 Å². The third-order valence-corrected chi connectivity index (χ3v) is 2.39. The lowest BCUT2D eigenvalue weighted by Crippen LogP contribution is -2.35. The molecular weight excluding hydrogens is 186 g/mol. The van der Waals surface area contributed by atoms with Crippen molar-refractivity contribution in [1.29, 1.82) is 0 Å². The lowest BCUT2D eigenvalue weighted by Gasteiger charge is -1.92. The molecule has 1 heterocycles. The van der Waals surface area contributed by atoms with Crippen molar-refractivity contribution in [3.05, 3.63) is 36.5 Å². The first-order valence-corrected chi connectivity index (χ1v) is 5.30. The van der Waals surface area contributed by atoms with E-state index >= 15 is 0 Å². The minimum atomic E-state index is 0.973. The van der Waals surface area contributed by atoms with E-state index in [0.717, 1.165) is 18.7 Å². The van der Waals surface area contributed by atoms with Gasteiger partial charge in [-0.3, -0.25) is 0 Å². The number of aromatic nitrogens is 3. The van der Waals surface area contributed by atoms with Crippen molar-refractivity contribution in [3.63, 3.8) is 0 Å². The summed E-state index contributed by atoms with van der Waals surface area (Å²) in [4.78, 5) is 0. The predicted molar refractivity (Wildman–Crippen MR) is 59.1 cm³/mol. The Morgan fingerprint density at radius 1 is 1.27 bits per heavy atom. The van der Waals surface area contributed by atoms with E-state index in [-0.39, 0.29) is 0 Å². The van der Waals surface area contributed by atoms with Crippen LogP contribution in [-0.4, -0.2) is 9.90 Å². The van der Waals surface area contributed by atoms with E-state index in [1.807, 2.05) is 34.6 Å². The topological polar surface area (TPSA) is 21.7 Å². The highest BCUT2D eigenvalue weighted by atomic mass is 15.5. The fraction of sp³-hybridized carbons (Fsp3) is 0.333. The first kappa shape index (κ1) is 9.90. The molecule has 1 aromatic carbocycles. The van der Waals surface area contributed by atoms with Gasteiger partial charge in [0.25, 0.3) is 0 Å². The van der Waals surface area contributed by atoms with Gasteiger partial charge in [0.05, 0.1) is 5.21 Å². The van der Waals surface area contributed by atoms with Gasteiger partial charge >= 0.3 is 0 Å². The van der Waals surface area contributed by atoms with Crippen LogP contribution in [0.1, 0.15) is 13.3 Å². The summed E-state index contributed by atoms with van der Waals surface area (Å²) in [6.07, 6.45) is 3.20. The molecule has 0 spiro atoms. The van der Waals surface area contributed by atoms with Gasteiger partial charge in [-0.2, -0.15) is 0 Å². The number of hydrogen-bond acceptors (Lipinski definition) is 1. The van der Waals surface area contributed by atoms with Crippen LogP contribution in [0, 0.1) is 0 Å². The molecule has 0 fully saturated rings. The molecule has 0 aliphatic carbocycles. The lowest BCUT2D eigenvalue weighted by molar-refractivity contribution is -0.755. The zero-order valence-electron chi connectivity index (χ0n) is 9.22. The highest BCUT2D eigenvalue weighted by Gasteiger charge is 2.12. The van der Waals surface area contributed by atoms with Crippen LogP contribution in [-0.2, 0) is 13.6 Å². The molecule has 2 aromatic rings. The number of nitrogens with zero attached hydrogens (tertiary/aromatic N) is 3. The molecular formula is C12H16N3+. The highest BCUT2D eigenvalue weighted by molar-refractivity contribution is 5.57. The van der Waals surface area contributed by atoms with Gasteiger partial charge in [0.15, 0.2) is 11.9 Å². The molecule has 78 valence electrons. The molecule has 0 atom stereocenters. The quantitative estimate of drug-likeness (QED) is 0.695. The Balaban J connectivity index is 2.36. The first-order valence-electron chi connectivity index (χ1n) is 5.30. The molecule has 0 amide bonds. The van der Waals surface area contributed by atoms with Crippen LogP contribution in [0.2, 0.25) is 0 Å². The number of benzene rings is 1. The summed E-state index contributed by atoms with van der Waals surface area (Å²) in [6, 6.07) is 10.3. The molecule has 0 unspecified atom stereocenters. The third-order valence-electron chi connectivity index (χ3n) is 2.39. The molecule has 0 saturated heterocycles. The van der Waals surface area contributed by atoms with Crippen molar-refractivity contribution in [2.45, 2.75) is 19.9 Å². The molecule has 0 aliphatic heterocycles. The van der Waals surface area contributed by atoms with Gasteiger partial charge in [0.1, 0.15) is 13.6 Å². The molecule has 0 radical (unpaired) electrons. The molecule has 0 aliphatic rings. The van der Waals surface area contributed by atoms with Gasteiger partial charge in [-0.15, -0.1) is 9.36 Å². The van der Waals surface area contributed by atoms with E-state index in [4.69, 9.17) is 0 Å². The Morgan fingerprint density at radius 3 is 2.67 bits per heavy atom. The average Bonchev–Trinajstić information content (AvgIpc) is 2.61. The molecule has 2 rings (SSSR count). The van der Waals surface area contributed by atoms with Crippen LogP contribution in [0.25, 0.3) is 11.3 Å². The summed E-state index contributed by atoms with van der Waals surface area (Å²) in [5, 5.41) is 4.41. The maximum absolute atomic E-state index is 4.41. The van der Waals surface area contributed by atoms with Crippen molar-refractivity contribution in [1.82, 2.24) is 9.90 Å². The number of hydrogen-bond donors (Lipinski definition) is 0. The fourth-order valence-electron chi connectivity index (χ4n) is 1.68. The van der Waals surface area contributed by atoms with Crippen molar-refractivity contribution < 1.29 is 4.68 Å². The van der Waals surface area contributed by atoms with Gasteiger partial charge in [0.2, 0.25) is 0 Å². The second kappa shape index (κ2) is 4.26. The van der Waals surface area contributed by atoms with Crippen molar-refractivity contribution in [3.8, 4) is 11.3 Å². The molecule has 0 bridgehead atoms. The Kier molecular flexibility index (Phi) is 2.81. The summed E-state index contributed by atoms with van der Waals surface area (Å²) in [5.41, 5.74) is 2.37. The van der Waals surface area contributed by atoms with E-state index in [2.05, 4.69) is 30.5 Å². The molecule has 3 nitrogen and oxygen atoms in total. The van der Waals surface area contributed by atoms with E-state index < -0.39 is 0 Å². The third kappa shape index (κ3) is 2.06. The van der Waals surface area contributed by atoms with Gasteiger partial charge in [-0.05, 0) is 6.42 Å². The van der Waals surface area contributed by atoms with Crippen LogP contribution in [0.3, 0.4) is 0 Å². The largest absolute Gasteiger partial charge is 0.197 e. The lowest BCUT2D eigenvalue weighted by atomic mass is 10.2. The monoisotopic (exact) mass is 202 g/mol. The highest BCUT2D eigenvalue weighted by Crippen LogP contribution is 2.15. The van der Waals surface area contributed by atoms with Crippen molar-refractivity contribution in [2.24, 2.45) is 7.05 Å². The second-order valence-corrected chi connectivity index (χ2v) is 3.66. The van der Waals surface area contributed by atoms with E-state index in [9.17, 15) is 0 Å². The minimum Gasteiger partial charge on any atom is -0.137 e. The van der Waals surface area contributed by atoms with Crippen LogP contribution in [0.5, 0.6) is 0 Å². The van der Waals surface area contributed by atoms with Crippen LogP contribution in [0.4, 0.5) is 0 Å². The summed E-state index contributed by atoms with van der Waals surface area (Å²) in [7, 11) is 1.98. The maximum atomic E-state index is 4.41. The predicted octanol–water partition coefficient (Wildman–Crippen LogP) is 1.78. The van der Waals surface area contributed by atoms with Crippen LogP contribution < -0.4 is 4.68 Å².